The van der Waals surface area contributed by atoms with Crippen LogP contribution in [0.4, 0.5) is 0 Å². The molecule has 8 aromatic carbocycles. The lowest BCUT2D eigenvalue weighted by molar-refractivity contribution is 0.669. The molecule has 0 atom stereocenters. The van der Waals surface area contributed by atoms with Crippen LogP contribution in [0.5, 0.6) is 0 Å². The van der Waals surface area contributed by atoms with E-state index in [2.05, 4.69) is 140 Å². The van der Waals surface area contributed by atoms with E-state index in [-0.39, 0.29) is 0 Å². The van der Waals surface area contributed by atoms with Crippen LogP contribution in [0.2, 0.25) is 0 Å². The van der Waals surface area contributed by atoms with E-state index in [9.17, 15) is 0 Å². The summed E-state index contributed by atoms with van der Waals surface area (Å²) in [7, 11) is 0. The average Bonchev–Trinajstić information content (AvgIpc) is 3.55. The molecule has 0 aliphatic rings. The average molecular weight is 626 g/mol. The van der Waals surface area contributed by atoms with Crippen molar-refractivity contribution < 1.29 is 4.42 Å². The van der Waals surface area contributed by atoms with Crippen LogP contribution >= 0.6 is 0 Å². The van der Waals surface area contributed by atoms with Crippen LogP contribution in [0.1, 0.15) is 0 Å². The summed E-state index contributed by atoms with van der Waals surface area (Å²) in [6, 6.07) is 57.1. The Kier molecular flexibility index (Phi) is 6.15. The van der Waals surface area contributed by atoms with Gasteiger partial charge in [-0.15, -0.1) is 0 Å². The van der Waals surface area contributed by atoms with E-state index in [1.165, 1.54) is 32.7 Å². The second-order valence-corrected chi connectivity index (χ2v) is 12.4. The van der Waals surface area contributed by atoms with Gasteiger partial charge in [0.15, 0.2) is 17.5 Å². The Hall–Kier alpha value is -6.65. The zero-order valence-electron chi connectivity index (χ0n) is 26.3. The molecule has 0 aliphatic heterocycles. The quantitative estimate of drug-likeness (QED) is 0.183. The highest BCUT2D eigenvalue weighted by atomic mass is 16.3. The number of rotatable bonds is 4. The topological polar surface area (TPSA) is 51.8 Å². The number of benzene rings is 8. The van der Waals surface area contributed by atoms with Gasteiger partial charge in [-0.25, -0.2) is 15.0 Å². The highest BCUT2D eigenvalue weighted by Gasteiger charge is 2.17. The number of furan rings is 1. The largest absolute Gasteiger partial charge is 0.456 e. The van der Waals surface area contributed by atoms with Gasteiger partial charge in [0.2, 0.25) is 0 Å². The summed E-state index contributed by atoms with van der Waals surface area (Å²) in [4.78, 5) is 15.3. The maximum Gasteiger partial charge on any atom is 0.164 e. The fraction of sp³-hybridized carbons (Fsp3) is 0. The lowest BCUT2D eigenvalue weighted by Crippen LogP contribution is -2.00. The van der Waals surface area contributed by atoms with Crippen molar-refractivity contribution in [3.8, 4) is 45.3 Å². The lowest BCUT2D eigenvalue weighted by atomic mass is 9.92. The maximum atomic E-state index is 6.26. The van der Waals surface area contributed by atoms with Crippen molar-refractivity contribution >= 4 is 54.3 Å². The molecule has 2 heterocycles. The number of para-hydroxylation sites is 1. The molecule has 10 aromatic rings. The lowest BCUT2D eigenvalue weighted by Gasteiger charge is -2.13. The van der Waals surface area contributed by atoms with Crippen LogP contribution < -0.4 is 0 Å². The second kappa shape index (κ2) is 11.0. The number of hydrogen-bond donors (Lipinski definition) is 0. The first-order valence-electron chi connectivity index (χ1n) is 16.4. The zero-order valence-corrected chi connectivity index (χ0v) is 26.3. The fourth-order valence-corrected chi connectivity index (χ4v) is 7.06. The molecule has 4 nitrogen and oxygen atoms in total. The molecule has 0 saturated carbocycles. The van der Waals surface area contributed by atoms with Crippen LogP contribution in [0.25, 0.3) is 99.5 Å². The van der Waals surface area contributed by atoms with Gasteiger partial charge in [0.1, 0.15) is 11.2 Å². The Balaban J connectivity index is 1.20. The van der Waals surface area contributed by atoms with Crippen molar-refractivity contribution in [3.05, 3.63) is 164 Å². The van der Waals surface area contributed by atoms with Gasteiger partial charge in [-0.2, -0.15) is 0 Å². The Labute approximate surface area is 282 Å². The van der Waals surface area contributed by atoms with Crippen LogP contribution in [0.3, 0.4) is 0 Å². The van der Waals surface area contributed by atoms with Gasteiger partial charge in [-0.1, -0.05) is 127 Å². The molecule has 0 bridgehead atoms. The molecule has 0 spiro atoms. The summed E-state index contributed by atoms with van der Waals surface area (Å²) in [5, 5.41) is 9.20. The minimum atomic E-state index is 0.596. The van der Waals surface area contributed by atoms with Gasteiger partial charge in [0.25, 0.3) is 0 Å². The Morgan fingerprint density at radius 3 is 1.67 bits per heavy atom. The summed E-state index contributed by atoms with van der Waals surface area (Å²) >= 11 is 0. The van der Waals surface area contributed by atoms with Crippen molar-refractivity contribution in [3.63, 3.8) is 0 Å². The highest BCUT2D eigenvalue weighted by Crippen LogP contribution is 2.38. The summed E-state index contributed by atoms with van der Waals surface area (Å²) in [5.74, 6) is 1.84. The number of nitrogens with zero attached hydrogens (tertiary/aromatic N) is 3. The Bertz CT molecular complexity index is 2890. The van der Waals surface area contributed by atoms with Crippen molar-refractivity contribution in [2.45, 2.75) is 0 Å². The molecule has 10 rings (SSSR count). The van der Waals surface area contributed by atoms with E-state index in [0.717, 1.165) is 49.4 Å². The van der Waals surface area contributed by atoms with E-state index < -0.39 is 0 Å². The third-order valence-corrected chi connectivity index (χ3v) is 9.48. The van der Waals surface area contributed by atoms with E-state index in [1.807, 2.05) is 24.3 Å². The minimum absolute atomic E-state index is 0.596. The predicted molar refractivity (Wildman–Crippen MR) is 201 cm³/mol. The molecule has 0 radical (unpaired) electrons. The van der Waals surface area contributed by atoms with Crippen LogP contribution in [0, 0.1) is 0 Å². The van der Waals surface area contributed by atoms with Crippen molar-refractivity contribution in [2.75, 3.05) is 0 Å². The van der Waals surface area contributed by atoms with Crippen molar-refractivity contribution in [1.29, 1.82) is 0 Å². The third-order valence-electron chi connectivity index (χ3n) is 9.48. The molecule has 2 aromatic heterocycles. The number of fused-ring (bicyclic) bond motifs is 7. The monoisotopic (exact) mass is 625 g/mol. The molecule has 49 heavy (non-hydrogen) atoms. The molecule has 0 unspecified atom stereocenters. The van der Waals surface area contributed by atoms with E-state index in [4.69, 9.17) is 19.4 Å². The highest BCUT2D eigenvalue weighted by molar-refractivity contribution is 6.14. The molecule has 0 saturated heterocycles. The molecular weight excluding hydrogens is 599 g/mol. The number of hydrogen-bond acceptors (Lipinski definition) is 4. The first kappa shape index (κ1) is 27.5. The second-order valence-electron chi connectivity index (χ2n) is 12.4. The molecule has 0 aliphatic carbocycles. The van der Waals surface area contributed by atoms with Gasteiger partial charge >= 0.3 is 0 Å². The van der Waals surface area contributed by atoms with Gasteiger partial charge in [-0.3, -0.25) is 0 Å². The van der Waals surface area contributed by atoms with Gasteiger partial charge < -0.3 is 4.42 Å². The molecule has 228 valence electrons. The standard InChI is InChI=1S/C45H27N3O/c1-2-11-29(12-3-1)39-25-31-14-6-7-15-35(31)40-26-33(20-22-36(39)40)44-46-43(32-19-18-28-10-4-5-13-30(28)24-32)47-45(48-44)34-21-23-38-37-16-8-9-17-41(37)49-42(38)27-34/h1-27H. The molecule has 4 heteroatoms. The van der Waals surface area contributed by atoms with E-state index in [0.29, 0.717) is 17.5 Å². The van der Waals surface area contributed by atoms with Crippen molar-refractivity contribution in [1.82, 2.24) is 15.0 Å². The Morgan fingerprint density at radius 1 is 0.306 bits per heavy atom. The molecule has 0 fully saturated rings. The predicted octanol–water partition coefficient (Wildman–Crippen LogP) is 11.9. The van der Waals surface area contributed by atoms with Crippen LogP contribution in [0.15, 0.2) is 168 Å². The van der Waals surface area contributed by atoms with Crippen LogP contribution in [-0.2, 0) is 0 Å². The molecule has 0 amide bonds. The smallest absolute Gasteiger partial charge is 0.164 e. The Morgan fingerprint density at radius 2 is 0.878 bits per heavy atom. The summed E-state index contributed by atoms with van der Waals surface area (Å²) < 4.78 is 6.26. The van der Waals surface area contributed by atoms with E-state index in [1.54, 1.807) is 0 Å². The third kappa shape index (κ3) is 4.65. The normalized spacial score (nSPS) is 11.7. The van der Waals surface area contributed by atoms with Gasteiger partial charge in [0.05, 0.1) is 0 Å². The van der Waals surface area contributed by atoms with Crippen molar-refractivity contribution in [2.24, 2.45) is 0 Å². The maximum absolute atomic E-state index is 6.26. The fourth-order valence-electron chi connectivity index (χ4n) is 7.06. The first-order chi connectivity index (χ1) is 24.2. The summed E-state index contributed by atoms with van der Waals surface area (Å²) in [5.41, 5.74) is 6.79. The SMILES string of the molecule is c1ccc(-c2cc3ccccc3c3cc(-c4nc(-c5ccc6ccccc6c5)nc(-c5ccc6c(c5)oc5ccccc56)n4)ccc23)cc1. The van der Waals surface area contributed by atoms with Gasteiger partial charge in [-0.05, 0) is 79.8 Å². The van der Waals surface area contributed by atoms with E-state index >= 15 is 0 Å². The summed E-state index contributed by atoms with van der Waals surface area (Å²) in [6.45, 7) is 0. The van der Waals surface area contributed by atoms with Gasteiger partial charge in [0, 0.05) is 27.5 Å². The van der Waals surface area contributed by atoms with Crippen LogP contribution in [-0.4, -0.2) is 15.0 Å². The first-order valence-corrected chi connectivity index (χ1v) is 16.4. The molecule has 0 N–H and O–H groups in total. The molecular formula is C45H27N3O. The summed E-state index contributed by atoms with van der Waals surface area (Å²) in [6.07, 6.45) is 0. The number of aromatic nitrogens is 3. The zero-order chi connectivity index (χ0) is 32.3. The minimum Gasteiger partial charge on any atom is -0.456 e.